The maximum absolute atomic E-state index is 2.59. The molecule has 0 N–H and O–H groups in total. The summed E-state index contributed by atoms with van der Waals surface area (Å²) < 4.78 is 5.23. The molecule has 2 atom stereocenters. The Morgan fingerprint density at radius 2 is 1.81 bits per heavy atom. The van der Waals surface area contributed by atoms with Crippen LogP contribution in [0.5, 0.6) is 0 Å². The average molecular weight is 515 g/mol. The van der Waals surface area contributed by atoms with Crippen molar-refractivity contribution in [2.45, 2.75) is 27.7 Å². The zero-order valence-electron chi connectivity index (χ0n) is 16.7. The second kappa shape index (κ2) is 8.97. The van der Waals surface area contributed by atoms with Crippen LogP contribution in [-0.4, -0.2) is 16.1 Å². The molecular formula is C22H25Cl2PSZr. The van der Waals surface area contributed by atoms with Crippen LogP contribution in [-0.2, 0) is 21.3 Å². The third-order valence-corrected chi connectivity index (χ3v) is 16.7. The molecule has 4 rings (SSSR count). The number of allylic oxidation sites excluding steroid dienone is 13. The monoisotopic (exact) mass is 512 g/mol. The largest absolute Gasteiger partial charge is 1.00 e. The van der Waals surface area contributed by atoms with Crippen molar-refractivity contribution in [3.8, 4) is 0 Å². The van der Waals surface area contributed by atoms with Crippen molar-refractivity contribution in [1.29, 1.82) is 0 Å². The van der Waals surface area contributed by atoms with E-state index < -0.39 is 21.3 Å². The van der Waals surface area contributed by atoms with E-state index in [1.54, 1.807) is 28.3 Å². The molecular weight excluding hydrogens is 489 g/mol. The van der Waals surface area contributed by atoms with E-state index in [0.717, 1.165) is 0 Å². The Morgan fingerprint density at radius 3 is 2.44 bits per heavy atom. The van der Waals surface area contributed by atoms with Gasteiger partial charge in [0.1, 0.15) is 0 Å². The van der Waals surface area contributed by atoms with Gasteiger partial charge in [0.05, 0.1) is 0 Å². The first-order valence-electron chi connectivity index (χ1n) is 8.85. The van der Waals surface area contributed by atoms with Gasteiger partial charge in [-0.05, 0) is 0 Å². The number of thioether (sulfide) groups is 1. The maximum Gasteiger partial charge on any atom is -1.00 e. The van der Waals surface area contributed by atoms with Crippen LogP contribution >= 0.6 is 19.7 Å². The van der Waals surface area contributed by atoms with E-state index in [1.165, 1.54) is 10.5 Å². The van der Waals surface area contributed by atoms with Gasteiger partial charge in [-0.3, -0.25) is 0 Å². The Labute approximate surface area is 189 Å². The molecule has 0 aromatic heterocycles. The molecule has 27 heavy (non-hydrogen) atoms. The Kier molecular flexibility index (Phi) is 7.83. The third kappa shape index (κ3) is 3.75. The zero-order chi connectivity index (χ0) is 17.9. The molecule has 0 bridgehead atoms. The fourth-order valence-electron chi connectivity index (χ4n) is 4.39. The molecule has 1 heterocycles. The van der Waals surface area contributed by atoms with Crippen molar-refractivity contribution in [3.05, 3.63) is 75.3 Å². The van der Waals surface area contributed by atoms with Gasteiger partial charge in [0.2, 0.25) is 0 Å². The quantitative estimate of drug-likeness (QED) is 0.499. The Hall–Kier alpha value is 0.293. The van der Waals surface area contributed by atoms with E-state index in [9.17, 15) is 0 Å². The van der Waals surface area contributed by atoms with Gasteiger partial charge >= 0.3 is 166 Å². The molecule has 5 heteroatoms. The van der Waals surface area contributed by atoms with Crippen molar-refractivity contribution >= 4 is 22.9 Å². The number of halogens is 2. The number of hydrogen-bond donors (Lipinski definition) is 0. The molecule has 0 fully saturated rings. The minimum absolute atomic E-state index is 0. The van der Waals surface area contributed by atoms with Gasteiger partial charge < -0.3 is 24.8 Å². The van der Waals surface area contributed by atoms with Crippen LogP contribution in [0.4, 0.5) is 0 Å². The fraction of sp³-hybridized carbons (Fsp3) is 0.318. The smallest absolute Gasteiger partial charge is 1.00 e. The molecule has 142 valence electrons. The van der Waals surface area contributed by atoms with Crippen LogP contribution in [0, 0.1) is 5.92 Å². The Morgan fingerprint density at radius 1 is 1.11 bits per heavy atom. The van der Waals surface area contributed by atoms with Crippen LogP contribution < -0.4 is 24.8 Å². The minimum atomic E-state index is -2.04. The summed E-state index contributed by atoms with van der Waals surface area (Å²) >= 11 is -0.141. The summed E-state index contributed by atoms with van der Waals surface area (Å²) in [6, 6.07) is 0. The second-order valence-electron chi connectivity index (χ2n) is 7.36. The summed E-state index contributed by atoms with van der Waals surface area (Å²) in [5.74, 6) is 0.623. The van der Waals surface area contributed by atoms with E-state index in [0.29, 0.717) is 5.92 Å². The summed E-state index contributed by atoms with van der Waals surface area (Å²) in [7, 11) is -0.0574. The van der Waals surface area contributed by atoms with Crippen LogP contribution in [0.3, 0.4) is 0 Å². The summed E-state index contributed by atoms with van der Waals surface area (Å²) in [6.45, 7) is 11.9. The van der Waals surface area contributed by atoms with Crippen molar-refractivity contribution in [3.63, 3.8) is 0 Å². The van der Waals surface area contributed by atoms with Crippen LogP contribution in [0.1, 0.15) is 27.7 Å². The maximum atomic E-state index is 2.59. The standard InChI is InChI=1S/C10H12P.C9H7S.C3H6.2ClH.Zr/c1-7-4-9-6-8(2)11(3)10(9)5-7;1-10-9-6-5-7-3-2-4-8(7)9;1-3-2;;;/h5-6,9H,1-3H3;2-3,5-6H,1H3;1-2H3;2*1H;/q;;;;;+2/p-2. The van der Waals surface area contributed by atoms with E-state index in [2.05, 4.69) is 77.1 Å². The molecule has 0 saturated heterocycles. The number of hydrogen-bond acceptors (Lipinski definition) is 1. The normalized spacial score (nSPS) is 24.3. The number of fused-ring (bicyclic) bond motifs is 2. The van der Waals surface area contributed by atoms with Gasteiger partial charge in [0.25, 0.3) is 0 Å². The Bertz CT molecular complexity index is 937. The second-order valence-corrected chi connectivity index (χ2v) is 17.5. The molecule has 0 spiro atoms. The predicted octanol–water partition coefficient (Wildman–Crippen LogP) is 0.652. The third-order valence-electron chi connectivity index (χ3n) is 5.65. The average Bonchev–Trinajstić information content (AvgIpc) is 3.28. The molecule has 0 aromatic carbocycles. The zero-order valence-corrected chi connectivity index (χ0v) is 22.3. The van der Waals surface area contributed by atoms with E-state index in [-0.39, 0.29) is 32.7 Å². The SMILES string of the molecule is CSC1=CC=C2C=C[C]([Zr+2]([C]3=C(C)C=C4C3C=C(C)P4C)=[C](C)C)=C21.[Cl-].[Cl-]. The molecule has 2 unspecified atom stereocenters. The van der Waals surface area contributed by atoms with Gasteiger partial charge in [-0.1, -0.05) is 0 Å². The molecule has 0 amide bonds. The molecule has 0 saturated carbocycles. The van der Waals surface area contributed by atoms with Crippen LogP contribution in [0.25, 0.3) is 0 Å². The number of rotatable bonds is 3. The van der Waals surface area contributed by atoms with Gasteiger partial charge in [-0.25, -0.2) is 0 Å². The van der Waals surface area contributed by atoms with Gasteiger partial charge in [-0.2, -0.15) is 0 Å². The first kappa shape index (κ1) is 23.6. The van der Waals surface area contributed by atoms with Crippen molar-refractivity contribution < 1.29 is 46.1 Å². The molecule has 1 aliphatic heterocycles. The van der Waals surface area contributed by atoms with Crippen LogP contribution in [0.2, 0.25) is 0 Å². The fourth-order valence-corrected chi connectivity index (χ4v) is 15.1. The Balaban J connectivity index is 0.00000131. The van der Waals surface area contributed by atoms with E-state index in [4.69, 9.17) is 0 Å². The van der Waals surface area contributed by atoms with Crippen molar-refractivity contribution in [1.82, 2.24) is 0 Å². The van der Waals surface area contributed by atoms with Crippen molar-refractivity contribution in [2.24, 2.45) is 5.92 Å². The molecule has 4 aliphatic rings. The molecule has 0 radical (unpaired) electrons. The van der Waals surface area contributed by atoms with Crippen molar-refractivity contribution in [2.75, 3.05) is 12.9 Å². The summed E-state index contributed by atoms with van der Waals surface area (Å²) in [5, 5.41) is 3.34. The summed E-state index contributed by atoms with van der Waals surface area (Å²) in [5.41, 5.74) is 4.59. The topological polar surface area (TPSA) is 0 Å². The first-order chi connectivity index (χ1) is 11.9. The molecule has 3 aliphatic carbocycles. The molecule has 0 aromatic rings. The van der Waals surface area contributed by atoms with E-state index >= 15 is 0 Å². The predicted molar refractivity (Wildman–Crippen MR) is 113 cm³/mol. The summed E-state index contributed by atoms with van der Waals surface area (Å²) in [6.07, 6.45) is 16.8. The van der Waals surface area contributed by atoms with E-state index in [1.807, 2.05) is 15.0 Å². The summed E-state index contributed by atoms with van der Waals surface area (Å²) in [4.78, 5) is 1.47. The first-order valence-corrected chi connectivity index (χ1v) is 15.6. The van der Waals surface area contributed by atoms with Gasteiger partial charge in [0.15, 0.2) is 0 Å². The minimum Gasteiger partial charge on any atom is -1.00 e. The van der Waals surface area contributed by atoms with Gasteiger partial charge in [0, 0.05) is 0 Å². The van der Waals surface area contributed by atoms with Crippen LogP contribution in [0.15, 0.2) is 75.3 Å². The molecule has 0 nitrogen and oxygen atoms in total. The van der Waals surface area contributed by atoms with Gasteiger partial charge in [-0.15, -0.1) is 0 Å².